The number of benzene rings is 1. The van der Waals surface area contributed by atoms with Crippen molar-refractivity contribution in [2.24, 2.45) is 0 Å². The maximum atomic E-state index is 12.7. The lowest BCUT2D eigenvalue weighted by atomic mass is 9.98. The summed E-state index contributed by atoms with van der Waals surface area (Å²) in [5.41, 5.74) is -1.93. The number of hydrogen-bond acceptors (Lipinski definition) is 3. The van der Waals surface area contributed by atoms with Crippen molar-refractivity contribution < 1.29 is 35.9 Å². The van der Waals surface area contributed by atoms with Gasteiger partial charge >= 0.3 is 12.4 Å². The first-order valence-electron chi connectivity index (χ1n) is 5.93. The van der Waals surface area contributed by atoms with E-state index in [4.69, 9.17) is 0 Å². The number of ketones is 1. The molecule has 0 saturated heterocycles. The lowest BCUT2D eigenvalue weighted by molar-refractivity contribution is -0.202. The summed E-state index contributed by atoms with van der Waals surface area (Å²) >= 11 is 0. The Morgan fingerprint density at radius 1 is 1.14 bits per heavy atom. The number of ether oxygens (including phenoxy) is 1. The minimum Gasteiger partial charge on any atom is -0.457 e. The van der Waals surface area contributed by atoms with Crippen molar-refractivity contribution in [2.75, 3.05) is 7.05 Å². The molecule has 0 aliphatic carbocycles. The molecule has 2 rings (SSSR count). The van der Waals surface area contributed by atoms with Crippen LogP contribution in [0.5, 0.6) is 0 Å². The SMILES string of the molecule is CNC1=C(c2cccc(C(F)(F)F)c2)C(=O)C(C(F)(F)F)O1. The van der Waals surface area contributed by atoms with Crippen molar-refractivity contribution in [2.45, 2.75) is 18.5 Å². The molecule has 1 aliphatic rings. The number of rotatable bonds is 2. The highest BCUT2D eigenvalue weighted by atomic mass is 19.4. The van der Waals surface area contributed by atoms with E-state index in [2.05, 4.69) is 10.1 Å². The molecule has 0 radical (unpaired) electrons. The van der Waals surface area contributed by atoms with Gasteiger partial charge < -0.3 is 10.1 Å². The summed E-state index contributed by atoms with van der Waals surface area (Å²) in [4.78, 5) is 11.9. The average molecular weight is 325 g/mol. The number of Topliss-reactive ketones (excluding diaryl/α,β-unsaturated/α-hetero) is 1. The first kappa shape index (κ1) is 16.2. The second kappa shape index (κ2) is 5.22. The van der Waals surface area contributed by atoms with E-state index in [1.807, 2.05) is 0 Å². The van der Waals surface area contributed by atoms with Crippen LogP contribution in [0.2, 0.25) is 0 Å². The van der Waals surface area contributed by atoms with Gasteiger partial charge in [-0.15, -0.1) is 0 Å². The standard InChI is InChI=1S/C13H9F6NO2/c1-20-11-8(9(21)10(22-11)13(17,18)19)6-3-2-4-7(5-6)12(14,15)16/h2-5,10,20H,1H3. The number of alkyl halides is 6. The number of carbonyl (C=O) groups excluding carboxylic acids is 1. The van der Waals surface area contributed by atoms with Crippen LogP contribution in [0, 0.1) is 0 Å². The van der Waals surface area contributed by atoms with E-state index in [0.29, 0.717) is 6.07 Å². The second-order valence-corrected chi connectivity index (χ2v) is 4.44. The van der Waals surface area contributed by atoms with Crippen molar-refractivity contribution in [1.82, 2.24) is 5.32 Å². The largest absolute Gasteiger partial charge is 0.457 e. The van der Waals surface area contributed by atoms with E-state index in [1.54, 1.807) is 0 Å². The Labute approximate surface area is 120 Å². The van der Waals surface area contributed by atoms with Crippen LogP contribution in [-0.2, 0) is 15.7 Å². The first-order valence-corrected chi connectivity index (χ1v) is 5.93. The van der Waals surface area contributed by atoms with Gasteiger partial charge in [-0.25, -0.2) is 0 Å². The highest BCUT2D eigenvalue weighted by molar-refractivity contribution is 6.25. The Hall–Kier alpha value is -2.19. The second-order valence-electron chi connectivity index (χ2n) is 4.44. The van der Waals surface area contributed by atoms with E-state index < -0.39 is 41.3 Å². The summed E-state index contributed by atoms with van der Waals surface area (Å²) in [6, 6.07) is 3.48. The zero-order valence-corrected chi connectivity index (χ0v) is 11.0. The van der Waals surface area contributed by atoms with E-state index >= 15 is 0 Å². The molecule has 0 amide bonds. The van der Waals surface area contributed by atoms with Crippen LogP contribution in [0.15, 0.2) is 30.1 Å². The average Bonchev–Trinajstić information content (AvgIpc) is 2.74. The maximum absolute atomic E-state index is 12.7. The minimum absolute atomic E-state index is 0.295. The monoisotopic (exact) mass is 325 g/mol. The molecule has 0 aromatic heterocycles. The molecule has 1 unspecified atom stereocenters. The molecular formula is C13H9F6NO2. The van der Waals surface area contributed by atoms with E-state index in [9.17, 15) is 31.1 Å². The fourth-order valence-electron chi connectivity index (χ4n) is 2.00. The van der Waals surface area contributed by atoms with Crippen LogP contribution in [0.4, 0.5) is 26.3 Å². The number of hydrogen-bond donors (Lipinski definition) is 1. The highest BCUT2D eigenvalue weighted by Crippen LogP contribution is 2.38. The van der Waals surface area contributed by atoms with Crippen molar-refractivity contribution >= 4 is 11.4 Å². The van der Waals surface area contributed by atoms with Crippen LogP contribution in [0.25, 0.3) is 5.57 Å². The molecule has 0 fully saturated rings. The van der Waals surface area contributed by atoms with Gasteiger partial charge in [0.25, 0.3) is 6.10 Å². The Kier molecular flexibility index (Phi) is 3.84. The van der Waals surface area contributed by atoms with Gasteiger partial charge in [-0.1, -0.05) is 12.1 Å². The zero-order chi connectivity index (χ0) is 16.7. The number of nitrogens with one attached hydrogen (secondary N) is 1. The molecule has 3 nitrogen and oxygen atoms in total. The summed E-state index contributed by atoms with van der Waals surface area (Å²) in [5, 5.41) is 2.26. The Bertz CT molecular complexity index is 632. The van der Waals surface area contributed by atoms with Crippen LogP contribution in [0.3, 0.4) is 0 Å². The maximum Gasteiger partial charge on any atom is 0.433 e. The molecule has 22 heavy (non-hydrogen) atoms. The van der Waals surface area contributed by atoms with Gasteiger partial charge in [0.1, 0.15) is 0 Å². The van der Waals surface area contributed by atoms with Crippen LogP contribution < -0.4 is 5.32 Å². The molecule has 1 heterocycles. The van der Waals surface area contributed by atoms with Gasteiger partial charge in [0.2, 0.25) is 5.78 Å². The molecule has 1 N–H and O–H groups in total. The van der Waals surface area contributed by atoms with Gasteiger partial charge in [-0.2, -0.15) is 26.3 Å². The molecule has 0 saturated carbocycles. The third-order valence-electron chi connectivity index (χ3n) is 2.95. The molecular weight excluding hydrogens is 316 g/mol. The minimum atomic E-state index is -4.96. The van der Waals surface area contributed by atoms with Gasteiger partial charge in [-0.3, -0.25) is 4.79 Å². The summed E-state index contributed by atoms with van der Waals surface area (Å²) in [6.45, 7) is 0. The third-order valence-corrected chi connectivity index (χ3v) is 2.95. The van der Waals surface area contributed by atoms with E-state index in [-0.39, 0.29) is 5.56 Å². The van der Waals surface area contributed by atoms with Gasteiger partial charge in [0.15, 0.2) is 5.88 Å². The summed E-state index contributed by atoms with van der Waals surface area (Å²) in [7, 11) is 1.20. The van der Waals surface area contributed by atoms with Crippen LogP contribution in [0.1, 0.15) is 11.1 Å². The van der Waals surface area contributed by atoms with Gasteiger partial charge in [0, 0.05) is 7.05 Å². The van der Waals surface area contributed by atoms with Crippen molar-refractivity contribution in [3.63, 3.8) is 0 Å². The van der Waals surface area contributed by atoms with Gasteiger partial charge in [0.05, 0.1) is 11.1 Å². The predicted octanol–water partition coefficient (Wildman–Crippen LogP) is 3.12. The van der Waals surface area contributed by atoms with Crippen LogP contribution in [-0.4, -0.2) is 25.1 Å². The lowest BCUT2D eigenvalue weighted by Crippen LogP contribution is -2.35. The van der Waals surface area contributed by atoms with Crippen molar-refractivity contribution in [3.05, 3.63) is 41.3 Å². The predicted molar refractivity (Wildman–Crippen MR) is 63.4 cm³/mol. The fourth-order valence-corrected chi connectivity index (χ4v) is 2.00. The van der Waals surface area contributed by atoms with E-state index in [0.717, 1.165) is 18.2 Å². The summed E-state index contributed by atoms with van der Waals surface area (Å²) in [5.74, 6) is -1.94. The quantitative estimate of drug-likeness (QED) is 0.849. The molecule has 1 aromatic rings. The van der Waals surface area contributed by atoms with Gasteiger partial charge in [-0.05, 0) is 17.7 Å². The molecule has 1 aliphatic heterocycles. The number of halogens is 6. The number of carbonyl (C=O) groups is 1. The Morgan fingerprint density at radius 2 is 1.77 bits per heavy atom. The normalized spacial score (nSPS) is 19.4. The Morgan fingerprint density at radius 3 is 2.27 bits per heavy atom. The molecule has 0 bridgehead atoms. The molecule has 1 atom stereocenters. The molecule has 120 valence electrons. The first-order chi connectivity index (χ1) is 10.1. The van der Waals surface area contributed by atoms with Crippen molar-refractivity contribution in [3.8, 4) is 0 Å². The molecule has 9 heteroatoms. The zero-order valence-electron chi connectivity index (χ0n) is 11.0. The van der Waals surface area contributed by atoms with E-state index in [1.165, 1.54) is 7.05 Å². The fraction of sp³-hybridized carbons (Fsp3) is 0.308. The summed E-state index contributed by atoms with van der Waals surface area (Å²) in [6.07, 6.45) is -12.4. The lowest BCUT2D eigenvalue weighted by Gasteiger charge is -2.14. The topological polar surface area (TPSA) is 38.3 Å². The Balaban J connectivity index is 2.49. The van der Waals surface area contributed by atoms with Crippen LogP contribution >= 0.6 is 0 Å². The highest BCUT2D eigenvalue weighted by Gasteiger charge is 2.53. The molecule has 1 aromatic carbocycles. The van der Waals surface area contributed by atoms with Crippen molar-refractivity contribution in [1.29, 1.82) is 0 Å². The molecule has 0 spiro atoms. The third kappa shape index (κ3) is 2.88. The smallest absolute Gasteiger partial charge is 0.433 e. The summed E-state index contributed by atoms with van der Waals surface area (Å²) < 4.78 is 80.6.